The van der Waals surface area contributed by atoms with Gasteiger partial charge in [-0.2, -0.15) is 0 Å². The van der Waals surface area contributed by atoms with E-state index in [2.05, 4.69) is 71.6 Å². The van der Waals surface area contributed by atoms with Crippen molar-refractivity contribution in [1.82, 2.24) is 14.9 Å². The zero-order chi connectivity index (χ0) is 24.6. The predicted octanol–water partition coefficient (Wildman–Crippen LogP) is 5.45. The topological polar surface area (TPSA) is 76.6 Å². The number of hydrogen-bond donors (Lipinski definition) is 1. The van der Waals surface area contributed by atoms with Gasteiger partial charge in [0.05, 0.1) is 25.6 Å². The first kappa shape index (κ1) is 24.3. The molecule has 1 aromatic heterocycles. The van der Waals surface area contributed by atoms with Crippen LogP contribution in [0.2, 0.25) is 0 Å². The Morgan fingerprint density at radius 1 is 1.17 bits per heavy atom. The first-order chi connectivity index (χ1) is 17.0. The molecule has 1 aliphatic heterocycles. The molecule has 1 fully saturated rings. The molecular formula is C28H32N4O3. The molecule has 2 amide bonds. The number of carbonyl (C=O) groups excluding carboxylic acids is 1. The van der Waals surface area contributed by atoms with Crippen molar-refractivity contribution in [2.75, 3.05) is 25.5 Å². The second-order valence-corrected chi connectivity index (χ2v) is 8.88. The van der Waals surface area contributed by atoms with Gasteiger partial charge in [0.2, 0.25) is 5.88 Å². The van der Waals surface area contributed by atoms with E-state index in [0.29, 0.717) is 24.8 Å². The van der Waals surface area contributed by atoms with E-state index in [1.165, 1.54) is 30.6 Å². The van der Waals surface area contributed by atoms with Gasteiger partial charge >= 0.3 is 6.03 Å². The molecule has 0 radical (unpaired) electrons. The van der Waals surface area contributed by atoms with Gasteiger partial charge in [0.1, 0.15) is 5.75 Å². The lowest BCUT2D eigenvalue weighted by atomic mass is 9.91. The lowest BCUT2D eigenvalue weighted by Crippen LogP contribution is -2.42. The molecule has 1 aliphatic rings. The monoisotopic (exact) mass is 472 g/mol. The molecule has 0 spiro atoms. The van der Waals surface area contributed by atoms with Crippen LogP contribution in [0.15, 0.2) is 72.6 Å². The minimum Gasteiger partial charge on any atom is -0.490 e. The highest BCUT2D eigenvalue weighted by atomic mass is 16.5. The number of ether oxygens (including phenoxy) is 2. The lowest BCUT2D eigenvalue weighted by Gasteiger charge is -2.33. The third-order valence-electron chi connectivity index (χ3n) is 6.07. The molecule has 0 aliphatic carbocycles. The lowest BCUT2D eigenvalue weighted by molar-refractivity contribution is 0.197. The second kappa shape index (κ2) is 11.5. The Labute approximate surface area is 206 Å². The SMILES string of the molecule is COc1cnc(NC(=O)N2CCC(=Cc3cccc(OC(C)Cc4ccccc4)c3)C(C)C2)cn1. The summed E-state index contributed by atoms with van der Waals surface area (Å²) in [7, 11) is 1.53. The van der Waals surface area contributed by atoms with Crippen molar-refractivity contribution in [3.05, 3.63) is 83.7 Å². The molecule has 1 saturated heterocycles. The van der Waals surface area contributed by atoms with E-state index in [4.69, 9.17) is 9.47 Å². The number of hydrogen-bond acceptors (Lipinski definition) is 5. The van der Waals surface area contributed by atoms with E-state index < -0.39 is 0 Å². The molecule has 4 rings (SSSR count). The molecule has 2 atom stereocenters. The maximum absolute atomic E-state index is 12.7. The number of aromatic nitrogens is 2. The van der Waals surface area contributed by atoms with Gasteiger partial charge in [0.25, 0.3) is 0 Å². The van der Waals surface area contributed by atoms with Crippen molar-refractivity contribution in [2.24, 2.45) is 5.92 Å². The molecule has 0 bridgehead atoms. The fourth-order valence-electron chi connectivity index (χ4n) is 4.23. The summed E-state index contributed by atoms with van der Waals surface area (Å²) >= 11 is 0. The smallest absolute Gasteiger partial charge is 0.323 e. The minimum absolute atomic E-state index is 0.0800. The van der Waals surface area contributed by atoms with Crippen molar-refractivity contribution >= 4 is 17.9 Å². The van der Waals surface area contributed by atoms with Gasteiger partial charge in [0, 0.05) is 19.5 Å². The fourth-order valence-corrected chi connectivity index (χ4v) is 4.23. The van der Waals surface area contributed by atoms with Gasteiger partial charge in [-0.25, -0.2) is 14.8 Å². The van der Waals surface area contributed by atoms with Gasteiger partial charge < -0.3 is 14.4 Å². The Balaban J connectivity index is 1.33. The van der Waals surface area contributed by atoms with Gasteiger partial charge in [-0.15, -0.1) is 0 Å². The molecule has 2 unspecified atom stereocenters. The van der Waals surface area contributed by atoms with E-state index in [1.807, 2.05) is 23.1 Å². The average Bonchev–Trinajstić information content (AvgIpc) is 2.86. The molecule has 182 valence electrons. The molecule has 2 aromatic carbocycles. The number of anilines is 1. The van der Waals surface area contributed by atoms with E-state index >= 15 is 0 Å². The Kier molecular flexibility index (Phi) is 7.98. The zero-order valence-electron chi connectivity index (χ0n) is 20.5. The normalized spacial score (nSPS) is 17.6. The molecule has 0 saturated carbocycles. The summed E-state index contributed by atoms with van der Waals surface area (Å²) in [5.74, 6) is 1.93. The number of nitrogens with zero attached hydrogens (tertiary/aromatic N) is 3. The molecule has 1 N–H and O–H groups in total. The zero-order valence-corrected chi connectivity index (χ0v) is 20.5. The number of likely N-dealkylation sites (tertiary alicyclic amines) is 1. The highest BCUT2D eigenvalue weighted by Gasteiger charge is 2.24. The van der Waals surface area contributed by atoms with Crippen LogP contribution in [0.4, 0.5) is 10.6 Å². The van der Waals surface area contributed by atoms with Crippen LogP contribution < -0.4 is 14.8 Å². The fraction of sp³-hybridized carbons (Fsp3) is 0.321. The summed E-state index contributed by atoms with van der Waals surface area (Å²) in [4.78, 5) is 22.7. The van der Waals surface area contributed by atoms with E-state index in [9.17, 15) is 4.79 Å². The number of urea groups is 1. The summed E-state index contributed by atoms with van der Waals surface area (Å²) < 4.78 is 11.2. The van der Waals surface area contributed by atoms with Crippen molar-refractivity contribution in [2.45, 2.75) is 32.8 Å². The minimum atomic E-state index is -0.168. The quantitative estimate of drug-likeness (QED) is 0.495. The molecule has 7 nitrogen and oxygen atoms in total. The first-order valence-electron chi connectivity index (χ1n) is 11.9. The van der Waals surface area contributed by atoms with Crippen LogP contribution >= 0.6 is 0 Å². The molecule has 7 heteroatoms. The van der Waals surface area contributed by atoms with Gasteiger partial charge in [-0.1, -0.05) is 61.0 Å². The molecule has 35 heavy (non-hydrogen) atoms. The van der Waals surface area contributed by atoms with Crippen molar-refractivity contribution in [3.8, 4) is 11.6 Å². The van der Waals surface area contributed by atoms with Gasteiger partial charge in [-0.05, 0) is 42.5 Å². The van der Waals surface area contributed by atoms with Crippen LogP contribution in [0.5, 0.6) is 11.6 Å². The highest BCUT2D eigenvalue weighted by Crippen LogP contribution is 2.27. The Hall–Kier alpha value is -3.87. The molecule has 2 heterocycles. The number of methoxy groups -OCH3 is 1. The number of nitrogens with one attached hydrogen (secondary N) is 1. The van der Waals surface area contributed by atoms with Crippen LogP contribution in [0.1, 0.15) is 31.4 Å². The van der Waals surface area contributed by atoms with E-state index in [0.717, 1.165) is 24.2 Å². The van der Waals surface area contributed by atoms with Crippen LogP contribution in [0.3, 0.4) is 0 Å². The second-order valence-electron chi connectivity index (χ2n) is 8.88. The summed E-state index contributed by atoms with van der Waals surface area (Å²) in [6.45, 7) is 5.54. The van der Waals surface area contributed by atoms with E-state index in [-0.39, 0.29) is 18.1 Å². The van der Waals surface area contributed by atoms with Crippen LogP contribution in [0.25, 0.3) is 6.08 Å². The number of amides is 2. The van der Waals surface area contributed by atoms with Crippen LogP contribution in [0, 0.1) is 5.92 Å². The maximum atomic E-state index is 12.7. The predicted molar refractivity (Wildman–Crippen MR) is 138 cm³/mol. The summed E-state index contributed by atoms with van der Waals surface area (Å²) in [5, 5.41) is 2.81. The van der Waals surface area contributed by atoms with Crippen LogP contribution in [-0.4, -0.2) is 47.2 Å². The van der Waals surface area contributed by atoms with Crippen molar-refractivity contribution in [3.63, 3.8) is 0 Å². The third kappa shape index (κ3) is 6.82. The third-order valence-corrected chi connectivity index (χ3v) is 6.07. The van der Waals surface area contributed by atoms with E-state index in [1.54, 1.807) is 0 Å². The maximum Gasteiger partial charge on any atom is 0.323 e. The number of carbonyl (C=O) groups is 1. The Morgan fingerprint density at radius 2 is 2.00 bits per heavy atom. The van der Waals surface area contributed by atoms with Crippen molar-refractivity contribution in [1.29, 1.82) is 0 Å². The van der Waals surface area contributed by atoms with Crippen LogP contribution in [-0.2, 0) is 6.42 Å². The largest absolute Gasteiger partial charge is 0.490 e. The molecular weight excluding hydrogens is 440 g/mol. The highest BCUT2D eigenvalue weighted by molar-refractivity contribution is 5.88. The summed E-state index contributed by atoms with van der Waals surface area (Å²) in [5.41, 5.74) is 3.71. The Morgan fingerprint density at radius 3 is 2.71 bits per heavy atom. The first-order valence-corrected chi connectivity index (χ1v) is 11.9. The number of rotatable bonds is 7. The van der Waals surface area contributed by atoms with Crippen molar-refractivity contribution < 1.29 is 14.3 Å². The van der Waals surface area contributed by atoms with Gasteiger partial charge in [0.15, 0.2) is 5.82 Å². The van der Waals surface area contributed by atoms with Gasteiger partial charge in [-0.3, -0.25) is 5.32 Å². The number of piperidine rings is 1. The molecule has 3 aromatic rings. The standard InChI is InChI=1S/C28H32N4O3/c1-20-19-32(28(33)31-26-17-30-27(34-3)18-29-26)13-12-24(20)15-23-10-7-11-25(16-23)35-21(2)14-22-8-5-4-6-9-22/h4-11,15-18,20-21H,12-14,19H2,1-3H3,(H,29,31,33). The summed E-state index contributed by atoms with van der Waals surface area (Å²) in [6.07, 6.45) is 6.96. The Bertz CT molecular complexity index is 1150. The number of benzene rings is 2. The average molecular weight is 473 g/mol. The summed E-state index contributed by atoms with van der Waals surface area (Å²) in [6, 6.07) is 18.4.